The molecule has 0 heteroatoms. The predicted octanol–water partition coefficient (Wildman–Crippen LogP) is 2.57. The highest BCUT2D eigenvalue weighted by molar-refractivity contribution is 5.26. The molecule has 0 saturated carbocycles. The molecule has 0 aliphatic heterocycles. The second kappa shape index (κ2) is 5.44. The molecule has 0 rings (SSSR count). The first-order chi connectivity index (χ1) is 4.35. The van der Waals surface area contributed by atoms with Crippen LogP contribution < -0.4 is 0 Å². The normalized spacial score (nSPS) is 9.00. The Morgan fingerprint density at radius 2 is 2.44 bits per heavy atom. The van der Waals surface area contributed by atoms with Crippen molar-refractivity contribution >= 4 is 0 Å². The summed E-state index contributed by atoms with van der Waals surface area (Å²) in [5.41, 5.74) is 0. The predicted molar refractivity (Wildman–Crippen MR) is 41.8 cm³/mol. The molecule has 9 heavy (non-hydrogen) atoms. The lowest BCUT2D eigenvalue weighted by Gasteiger charge is -1.99. The van der Waals surface area contributed by atoms with E-state index < -0.39 is 0 Å². The molecule has 0 N–H and O–H groups in total. The van der Waals surface area contributed by atoms with Gasteiger partial charge in [0.15, 0.2) is 0 Å². The van der Waals surface area contributed by atoms with E-state index in [1.165, 1.54) is 12.8 Å². The molecule has 0 aromatic rings. The van der Waals surface area contributed by atoms with Crippen LogP contribution in [0.4, 0.5) is 0 Å². The molecule has 0 saturated heterocycles. The second-order valence-electron chi connectivity index (χ2n) is 1.98. The number of rotatable bonds is 4. The van der Waals surface area contributed by atoms with E-state index in [0.29, 0.717) is 0 Å². The minimum atomic E-state index is 1.01. The van der Waals surface area contributed by atoms with E-state index >= 15 is 0 Å². The molecule has 0 bridgehead atoms. The molecule has 1 radical (unpaired) electrons. The summed E-state index contributed by atoms with van der Waals surface area (Å²) in [7, 11) is 0. The minimum absolute atomic E-state index is 1.01. The van der Waals surface area contributed by atoms with Gasteiger partial charge in [-0.15, -0.1) is 13.0 Å². The van der Waals surface area contributed by atoms with Crippen molar-refractivity contribution in [3.05, 3.63) is 18.6 Å². The maximum Gasteiger partial charge on any atom is 0.0688 e. The molecule has 0 spiro atoms. The van der Waals surface area contributed by atoms with Crippen LogP contribution in [0.15, 0.2) is 12.7 Å². The van der Waals surface area contributed by atoms with Gasteiger partial charge in [0.05, 0.1) is 5.92 Å². The van der Waals surface area contributed by atoms with Crippen LogP contribution in [0.3, 0.4) is 0 Å². The van der Waals surface area contributed by atoms with Crippen LogP contribution in [-0.4, -0.2) is 0 Å². The van der Waals surface area contributed by atoms with E-state index in [0.717, 1.165) is 12.3 Å². The molecule has 0 atom stereocenters. The fraction of sp³-hybridized carbons (Fsp3) is 0.444. The van der Waals surface area contributed by atoms with Crippen molar-refractivity contribution in [3.63, 3.8) is 0 Å². The molecule has 0 aromatic carbocycles. The molecule has 0 heterocycles. The van der Waals surface area contributed by atoms with Crippen LogP contribution in [0.1, 0.15) is 26.2 Å². The molecule has 49 valence electrons. The molecule has 0 aliphatic carbocycles. The number of allylic oxidation sites excluding steroid dienone is 1. The third kappa shape index (κ3) is 3.85. The highest BCUT2D eigenvalue weighted by Crippen LogP contribution is 2.09. The lowest BCUT2D eigenvalue weighted by Crippen LogP contribution is -1.86. The van der Waals surface area contributed by atoms with Gasteiger partial charge in [0.1, 0.15) is 0 Å². The first-order valence-electron chi connectivity index (χ1n) is 3.30. The van der Waals surface area contributed by atoms with Gasteiger partial charge in [0.25, 0.3) is 0 Å². The lowest BCUT2D eigenvalue weighted by molar-refractivity contribution is 0.773. The monoisotopic (exact) mass is 121 g/mol. The summed E-state index contributed by atoms with van der Waals surface area (Å²) < 4.78 is 0. The maximum absolute atomic E-state index is 5.17. The Kier molecular flexibility index (Phi) is 5.01. The largest absolute Gasteiger partial charge is 0.119 e. The zero-order chi connectivity index (χ0) is 7.11. The molecule has 0 aliphatic rings. The molecule has 0 aromatic heterocycles. The third-order valence-corrected chi connectivity index (χ3v) is 1.23. The van der Waals surface area contributed by atoms with E-state index in [1.54, 1.807) is 6.08 Å². The standard InChI is InChI=1S/C9H13/c1-4-7-8-9(5-2)6-3/h2,6H,3-4,7-8H2,1H3. The van der Waals surface area contributed by atoms with Crippen molar-refractivity contribution in [1.29, 1.82) is 0 Å². The fourth-order valence-electron chi connectivity index (χ4n) is 0.600. The summed E-state index contributed by atoms with van der Waals surface area (Å²) in [5, 5.41) is 0. The van der Waals surface area contributed by atoms with Gasteiger partial charge in [-0.2, -0.15) is 0 Å². The quantitative estimate of drug-likeness (QED) is 0.501. The van der Waals surface area contributed by atoms with Gasteiger partial charge in [-0.1, -0.05) is 31.8 Å². The van der Waals surface area contributed by atoms with Crippen LogP contribution in [0, 0.1) is 18.3 Å². The van der Waals surface area contributed by atoms with Gasteiger partial charge in [-0.3, -0.25) is 0 Å². The lowest BCUT2D eigenvalue weighted by atomic mass is 10.0. The van der Waals surface area contributed by atoms with Crippen LogP contribution in [0.25, 0.3) is 0 Å². The second-order valence-corrected chi connectivity index (χ2v) is 1.98. The number of hydrogen-bond donors (Lipinski definition) is 0. The summed E-state index contributed by atoms with van der Waals surface area (Å²) in [5.74, 6) is 3.61. The highest BCUT2D eigenvalue weighted by Gasteiger charge is 1.96. The van der Waals surface area contributed by atoms with Gasteiger partial charge in [-0.25, -0.2) is 0 Å². The Bertz CT molecular complexity index is 106. The van der Waals surface area contributed by atoms with Crippen LogP contribution in [-0.2, 0) is 0 Å². The average molecular weight is 121 g/mol. The first kappa shape index (κ1) is 8.30. The number of terminal acetylenes is 1. The Labute approximate surface area is 58.0 Å². The van der Waals surface area contributed by atoms with E-state index in [9.17, 15) is 0 Å². The summed E-state index contributed by atoms with van der Waals surface area (Å²) in [6, 6.07) is 0. The highest BCUT2D eigenvalue weighted by atomic mass is 14.0. The van der Waals surface area contributed by atoms with E-state index in [2.05, 4.69) is 19.4 Å². The average Bonchev–Trinajstić information content (AvgIpc) is 1.91. The van der Waals surface area contributed by atoms with E-state index in [1.807, 2.05) is 0 Å². The summed E-state index contributed by atoms with van der Waals surface area (Å²) in [6.07, 6.45) is 10.3. The van der Waals surface area contributed by atoms with Gasteiger partial charge in [0, 0.05) is 0 Å². The zero-order valence-electron chi connectivity index (χ0n) is 5.98. The zero-order valence-corrected chi connectivity index (χ0v) is 5.98. The van der Waals surface area contributed by atoms with Crippen LogP contribution >= 0.6 is 0 Å². The third-order valence-electron chi connectivity index (χ3n) is 1.23. The Morgan fingerprint density at radius 3 is 2.78 bits per heavy atom. The van der Waals surface area contributed by atoms with Crippen molar-refractivity contribution in [3.8, 4) is 12.3 Å². The van der Waals surface area contributed by atoms with Crippen molar-refractivity contribution < 1.29 is 0 Å². The van der Waals surface area contributed by atoms with Crippen LogP contribution in [0.2, 0.25) is 0 Å². The number of hydrogen-bond acceptors (Lipinski definition) is 0. The summed E-state index contributed by atoms with van der Waals surface area (Å²) >= 11 is 0. The van der Waals surface area contributed by atoms with E-state index in [-0.39, 0.29) is 0 Å². The maximum atomic E-state index is 5.17. The SMILES string of the molecule is C#C[C](C=C)CCCC. The summed E-state index contributed by atoms with van der Waals surface area (Å²) in [4.78, 5) is 0. The molecule has 0 unspecified atom stereocenters. The van der Waals surface area contributed by atoms with E-state index in [4.69, 9.17) is 6.42 Å². The van der Waals surface area contributed by atoms with Gasteiger partial charge < -0.3 is 0 Å². The van der Waals surface area contributed by atoms with Crippen LogP contribution in [0.5, 0.6) is 0 Å². The first-order valence-corrected chi connectivity index (χ1v) is 3.30. The van der Waals surface area contributed by atoms with Gasteiger partial charge >= 0.3 is 0 Å². The van der Waals surface area contributed by atoms with Crippen molar-refractivity contribution in [2.24, 2.45) is 0 Å². The molecule has 0 amide bonds. The van der Waals surface area contributed by atoms with Gasteiger partial charge in [-0.05, 0) is 6.42 Å². The Hall–Kier alpha value is -0.700. The van der Waals surface area contributed by atoms with Crippen molar-refractivity contribution in [2.45, 2.75) is 26.2 Å². The number of unbranched alkanes of at least 4 members (excludes halogenated alkanes) is 1. The summed E-state index contributed by atoms with van der Waals surface area (Å²) in [6.45, 7) is 5.76. The van der Waals surface area contributed by atoms with Gasteiger partial charge in [0.2, 0.25) is 0 Å². The topological polar surface area (TPSA) is 0 Å². The van der Waals surface area contributed by atoms with Crippen molar-refractivity contribution in [1.82, 2.24) is 0 Å². The fourth-order valence-corrected chi connectivity index (χ4v) is 0.600. The molecule has 0 fully saturated rings. The molecular weight excluding hydrogens is 108 g/mol. The molecular formula is C9H13. The molecule has 0 nitrogen and oxygen atoms in total. The Morgan fingerprint density at radius 1 is 1.78 bits per heavy atom. The Balaban J connectivity index is 3.34. The van der Waals surface area contributed by atoms with Crippen molar-refractivity contribution in [2.75, 3.05) is 0 Å². The minimum Gasteiger partial charge on any atom is -0.119 e. The smallest absolute Gasteiger partial charge is 0.0688 e.